The van der Waals surface area contributed by atoms with Crippen LogP contribution >= 0.6 is 0 Å². The molecule has 0 saturated heterocycles. The molecule has 9 nitrogen and oxygen atoms in total. The highest BCUT2D eigenvalue weighted by atomic mass is 16.5. The fourth-order valence-electron chi connectivity index (χ4n) is 4.04. The molecule has 0 fully saturated rings. The number of nitrogens with one attached hydrogen (secondary N) is 1. The summed E-state index contributed by atoms with van der Waals surface area (Å²) in [5, 5.41) is 4.31. The van der Waals surface area contributed by atoms with Crippen LogP contribution in [0.3, 0.4) is 0 Å². The van der Waals surface area contributed by atoms with Gasteiger partial charge in [-0.25, -0.2) is 9.97 Å². The Morgan fingerprint density at radius 2 is 1.77 bits per heavy atom. The van der Waals surface area contributed by atoms with Crippen LogP contribution in [0.15, 0.2) is 61.1 Å². The van der Waals surface area contributed by atoms with Crippen molar-refractivity contribution < 1.29 is 14.2 Å². The van der Waals surface area contributed by atoms with Crippen molar-refractivity contribution in [3.05, 3.63) is 77.7 Å². The Bertz CT molecular complexity index is 1470. The van der Waals surface area contributed by atoms with Gasteiger partial charge < -0.3 is 24.9 Å². The van der Waals surface area contributed by atoms with Gasteiger partial charge >= 0.3 is 0 Å². The van der Waals surface area contributed by atoms with Crippen molar-refractivity contribution in [1.82, 2.24) is 24.7 Å². The summed E-state index contributed by atoms with van der Waals surface area (Å²) in [4.78, 5) is 12.0. The maximum absolute atomic E-state index is 6.04. The van der Waals surface area contributed by atoms with Gasteiger partial charge in [0.15, 0.2) is 23.1 Å². The van der Waals surface area contributed by atoms with E-state index >= 15 is 0 Å². The number of nitrogens with zero attached hydrogens (tertiary/aromatic N) is 4. The number of pyridine rings is 1. The van der Waals surface area contributed by atoms with Crippen molar-refractivity contribution in [2.45, 2.75) is 13.0 Å². The predicted molar refractivity (Wildman–Crippen MR) is 134 cm³/mol. The Hall–Kier alpha value is -4.53. The number of aryl methyl sites for hydroxylation is 1. The van der Waals surface area contributed by atoms with Crippen molar-refractivity contribution in [3.8, 4) is 28.4 Å². The summed E-state index contributed by atoms with van der Waals surface area (Å²) in [6.45, 7) is 0.419. The summed E-state index contributed by atoms with van der Waals surface area (Å²) in [6.07, 6.45) is 6.20. The molecule has 0 aliphatic carbocycles. The number of H-pyrrole nitrogens is 1. The maximum Gasteiger partial charge on any atom is 0.199 e. The number of nitrogens with two attached hydrogens (primary N) is 1. The second-order valence-corrected chi connectivity index (χ2v) is 8.17. The number of nitrogen functional groups attached to an aromatic ring is 1. The zero-order chi connectivity index (χ0) is 24.4. The monoisotopic (exact) mass is 470 g/mol. The van der Waals surface area contributed by atoms with E-state index in [1.807, 2.05) is 68.1 Å². The van der Waals surface area contributed by atoms with Gasteiger partial charge in [0.1, 0.15) is 17.9 Å². The van der Waals surface area contributed by atoms with E-state index in [0.717, 1.165) is 39.1 Å². The van der Waals surface area contributed by atoms with Gasteiger partial charge in [-0.15, -0.1) is 0 Å². The standard InChI is InChI=1S/C26H26N6O3/c1-32-14-18(12-29-32)21-13-28-25-24(30-26(27)31-25)20(21)10-17-6-9-22(23(11-17)34-3)35-15-16-4-7-19(33-2)8-5-16/h4-9,11-14H,10,15H2,1-3H3,(H3,27,28,30,31). The Balaban J connectivity index is 1.44. The van der Waals surface area contributed by atoms with Crippen molar-refractivity contribution in [1.29, 1.82) is 0 Å². The summed E-state index contributed by atoms with van der Waals surface area (Å²) in [5.74, 6) is 2.47. The summed E-state index contributed by atoms with van der Waals surface area (Å²) in [7, 11) is 5.17. The van der Waals surface area contributed by atoms with E-state index in [0.29, 0.717) is 36.1 Å². The third-order valence-corrected chi connectivity index (χ3v) is 5.81. The van der Waals surface area contributed by atoms with Gasteiger partial charge in [-0.2, -0.15) is 5.10 Å². The Morgan fingerprint density at radius 3 is 2.49 bits per heavy atom. The first-order valence-electron chi connectivity index (χ1n) is 11.1. The van der Waals surface area contributed by atoms with Gasteiger partial charge in [0, 0.05) is 37.0 Å². The normalized spacial score (nSPS) is 11.1. The first-order chi connectivity index (χ1) is 17.0. The van der Waals surface area contributed by atoms with Crippen LogP contribution in [0.4, 0.5) is 5.95 Å². The Labute approximate surface area is 202 Å². The number of rotatable bonds is 8. The van der Waals surface area contributed by atoms with Crippen LogP contribution in [0, 0.1) is 0 Å². The number of benzene rings is 2. The van der Waals surface area contributed by atoms with Crippen molar-refractivity contribution >= 4 is 17.1 Å². The van der Waals surface area contributed by atoms with Crippen LogP contribution in [-0.4, -0.2) is 39.0 Å². The number of aromatic nitrogens is 5. The number of hydrogen-bond acceptors (Lipinski definition) is 7. The van der Waals surface area contributed by atoms with E-state index in [1.54, 1.807) is 18.9 Å². The first-order valence-corrected chi connectivity index (χ1v) is 11.1. The molecular formula is C26H26N6O3. The van der Waals surface area contributed by atoms with Crippen LogP contribution < -0.4 is 19.9 Å². The lowest BCUT2D eigenvalue weighted by Crippen LogP contribution is -2.00. The molecule has 35 heavy (non-hydrogen) atoms. The van der Waals surface area contributed by atoms with Gasteiger partial charge in [-0.1, -0.05) is 18.2 Å². The molecule has 0 aliphatic rings. The minimum absolute atomic E-state index is 0.331. The fraction of sp³-hybridized carbons (Fsp3) is 0.192. The van der Waals surface area contributed by atoms with Crippen molar-refractivity contribution in [2.75, 3.05) is 20.0 Å². The summed E-state index contributed by atoms with van der Waals surface area (Å²) in [5.41, 5.74) is 12.3. The van der Waals surface area contributed by atoms with E-state index in [-0.39, 0.29) is 0 Å². The molecule has 3 heterocycles. The number of fused-ring (bicyclic) bond motifs is 1. The number of anilines is 1. The Kier molecular flexibility index (Phi) is 5.97. The number of aromatic amines is 1. The molecule has 5 rings (SSSR count). The third-order valence-electron chi connectivity index (χ3n) is 5.81. The molecular weight excluding hydrogens is 444 g/mol. The minimum Gasteiger partial charge on any atom is -0.497 e. The molecule has 0 bridgehead atoms. The molecule has 178 valence electrons. The molecule has 5 aromatic rings. The molecule has 0 radical (unpaired) electrons. The van der Waals surface area contributed by atoms with E-state index in [2.05, 4.69) is 20.1 Å². The summed E-state index contributed by atoms with van der Waals surface area (Å²) < 4.78 is 18.7. The van der Waals surface area contributed by atoms with E-state index in [1.165, 1.54) is 0 Å². The highest BCUT2D eigenvalue weighted by Gasteiger charge is 2.17. The zero-order valence-electron chi connectivity index (χ0n) is 19.8. The highest BCUT2D eigenvalue weighted by Crippen LogP contribution is 2.33. The fourth-order valence-corrected chi connectivity index (χ4v) is 4.04. The van der Waals surface area contributed by atoms with Crippen molar-refractivity contribution in [3.63, 3.8) is 0 Å². The lowest BCUT2D eigenvalue weighted by molar-refractivity contribution is 0.284. The molecule has 0 amide bonds. The number of imidazole rings is 1. The molecule has 0 atom stereocenters. The molecule has 0 saturated carbocycles. The predicted octanol–water partition coefficient (Wildman–Crippen LogP) is 4.13. The molecule has 0 aliphatic heterocycles. The topological polar surface area (TPSA) is 113 Å². The van der Waals surface area contributed by atoms with Gasteiger partial charge in [-0.3, -0.25) is 4.68 Å². The van der Waals surface area contributed by atoms with Gasteiger partial charge in [0.25, 0.3) is 0 Å². The van der Waals surface area contributed by atoms with Gasteiger partial charge in [0.05, 0.1) is 20.4 Å². The second kappa shape index (κ2) is 9.38. The zero-order valence-corrected chi connectivity index (χ0v) is 19.8. The van der Waals surface area contributed by atoms with E-state index < -0.39 is 0 Å². The molecule has 0 spiro atoms. The maximum atomic E-state index is 6.04. The van der Waals surface area contributed by atoms with E-state index in [4.69, 9.17) is 19.9 Å². The molecule has 3 aromatic heterocycles. The SMILES string of the molecule is COc1ccc(COc2ccc(Cc3c(-c4cnn(C)c4)cnc4[nH]c(N)nc34)cc2OC)cc1. The second-order valence-electron chi connectivity index (χ2n) is 8.17. The van der Waals surface area contributed by atoms with E-state index in [9.17, 15) is 0 Å². The Morgan fingerprint density at radius 1 is 0.971 bits per heavy atom. The van der Waals surface area contributed by atoms with Crippen LogP contribution in [0.5, 0.6) is 17.2 Å². The van der Waals surface area contributed by atoms with Crippen LogP contribution in [0.25, 0.3) is 22.3 Å². The number of ether oxygens (including phenoxy) is 3. The largest absolute Gasteiger partial charge is 0.497 e. The van der Waals surface area contributed by atoms with Crippen LogP contribution in [-0.2, 0) is 20.1 Å². The lowest BCUT2D eigenvalue weighted by Gasteiger charge is -2.14. The van der Waals surface area contributed by atoms with Crippen LogP contribution in [0.1, 0.15) is 16.7 Å². The summed E-state index contributed by atoms with van der Waals surface area (Å²) in [6, 6.07) is 13.7. The van der Waals surface area contributed by atoms with Gasteiger partial charge in [-0.05, 0) is 41.0 Å². The average Bonchev–Trinajstić information content (AvgIpc) is 3.48. The quantitative estimate of drug-likeness (QED) is 0.351. The highest BCUT2D eigenvalue weighted by molar-refractivity contribution is 5.85. The van der Waals surface area contributed by atoms with Gasteiger partial charge in [0.2, 0.25) is 0 Å². The molecule has 2 aromatic carbocycles. The summed E-state index contributed by atoms with van der Waals surface area (Å²) >= 11 is 0. The first kappa shape index (κ1) is 22.3. The molecule has 3 N–H and O–H groups in total. The molecule has 9 heteroatoms. The third kappa shape index (κ3) is 4.61. The number of methoxy groups -OCH3 is 2. The molecule has 0 unspecified atom stereocenters. The lowest BCUT2D eigenvalue weighted by atomic mass is 9.97. The van der Waals surface area contributed by atoms with Crippen LogP contribution in [0.2, 0.25) is 0 Å². The average molecular weight is 471 g/mol. The smallest absolute Gasteiger partial charge is 0.199 e. The minimum atomic E-state index is 0.331. The van der Waals surface area contributed by atoms with Crippen molar-refractivity contribution in [2.24, 2.45) is 7.05 Å². The number of hydrogen-bond donors (Lipinski definition) is 2.